The van der Waals surface area contributed by atoms with Crippen molar-refractivity contribution in [1.29, 1.82) is 0 Å². The number of likely N-dealkylation sites (tertiary alicyclic amines) is 1. The quantitative estimate of drug-likeness (QED) is 0.890. The molecule has 8 heteroatoms. The van der Waals surface area contributed by atoms with E-state index in [1.807, 2.05) is 4.90 Å². The van der Waals surface area contributed by atoms with Crippen LogP contribution in [0.25, 0.3) is 0 Å². The average molecular weight is 366 g/mol. The van der Waals surface area contributed by atoms with Crippen molar-refractivity contribution in [2.45, 2.75) is 57.6 Å². The number of carbonyl (C=O) groups excluding carboxylic acids is 1. The Labute approximate surface area is 152 Å². The summed E-state index contributed by atoms with van der Waals surface area (Å²) in [5, 5.41) is 13.0. The van der Waals surface area contributed by atoms with Gasteiger partial charge in [-0.15, -0.1) is 10.2 Å². The molecular formula is C17H26N4O3S. The smallest absolute Gasteiger partial charge is 0.324 e. The lowest BCUT2D eigenvalue weighted by atomic mass is 9.72. The van der Waals surface area contributed by atoms with Crippen LogP contribution < -0.4 is 5.32 Å². The topological polar surface area (TPSA) is 76.6 Å². The van der Waals surface area contributed by atoms with E-state index in [-0.39, 0.29) is 23.6 Å². The highest BCUT2D eigenvalue weighted by Gasteiger charge is 2.53. The minimum Gasteiger partial charge on any atom is -0.381 e. The molecule has 3 aliphatic rings. The van der Waals surface area contributed by atoms with Gasteiger partial charge in [0, 0.05) is 37.7 Å². The van der Waals surface area contributed by atoms with Crippen molar-refractivity contribution in [1.82, 2.24) is 15.1 Å². The molecule has 0 saturated carbocycles. The summed E-state index contributed by atoms with van der Waals surface area (Å²) in [6.07, 6.45) is 4.22. The molecule has 1 N–H and O–H groups in total. The molecule has 0 aromatic carbocycles. The van der Waals surface area contributed by atoms with Gasteiger partial charge in [0.2, 0.25) is 5.13 Å². The van der Waals surface area contributed by atoms with E-state index in [1.165, 1.54) is 11.3 Å². The van der Waals surface area contributed by atoms with E-state index in [4.69, 9.17) is 9.47 Å². The number of hydrogen-bond donors (Lipinski definition) is 1. The summed E-state index contributed by atoms with van der Waals surface area (Å²) in [5.41, 5.74) is 0.0979. The molecule has 3 saturated heterocycles. The Hall–Kier alpha value is -1.25. The molecule has 0 aliphatic carbocycles. The Morgan fingerprint density at radius 3 is 2.72 bits per heavy atom. The Morgan fingerprint density at radius 1 is 1.24 bits per heavy atom. The first-order chi connectivity index (χ1) is 12.0. The van der Waals surface area contributed by atoms with Crippen LogP contribution in [0.15, 0.2) is 0 Å². The number of ether oxygens (including phenoxy) is 2. The van der Waals surface area contributed by atoms with Crippen molar-refractivity contribution in [3.05, 3.63) is 5.01 Å². The van der Waals surface area contributed by atoms with Crippen LogP contribution >= 0.6 is 11.3 Å². The van der Waals surface area contributed by atoms with E-state index in [9.17, 15) is 4.79 Å². The summed E-state index contributed by atoms with van der Waals surface area (Å²) in [7, 11) is 0. The van der Waals surface area contributed by atoms with E-state index in [1.54, 1.807) is 0 Å². The SMILES string of the molecule is CC1(C)CN(C(=O)Nc2nnc(C3CCOCC3)s2)C1C1CCCO1. The number of anilines is 1. The van der Waals surface area contributed by atoms with Gasteiger partial charge in [-0.3, -0.25) is 5.32 Å². The number of nitrogens with zero attached hydrogens (tertiary/aromatic N) is 3. The van der Waals surface area contributed by atoms with Crippen LogP contribution in [0.3, 0.4) is 0 Å². The molecule has 7 nitrogen and oxygen atoms in total. The third kappa shape index (κ3) is 3.39. The monoisotopic (exact) mass is 366 g/mol. The van der Waals surface area contributed by atoms with Crippen LogP contribution in [-0.2, 0) is 9.47 Å². The van der Waals surface area contributed by atoms with E-state index >= 15 is 0 Å². The normalized spacial score (nSPS) is 29.4. The minimum absolute atomic E-state index is 0.0884. The van der Waals surface area contributed by atoms with Crippen LogP contribution in [0, 0.1) is 5.41 Å². The Balaban J connectivity index is 1.39. The molecule has 25 heavy (non-hydrogen) atoms. The van der Waals surface area contributed by atoms with Crippen LogP contribution in [0.1, 0.15) is 50.5 Å². The molecule has 2 atom stereocenters. The van der Waals surface area contributed by atoms with Gasteiger partial charge in [-0.2, -0.15) is 0 Å². The second-order valence-electron chi connectivity index (χ2n) is 7.88. The maximum absolute atomic E-state index is 12.7. The average Bonchev–Trinajstić information content (AvgIpc) is 3.26. The predicted molar refractivity (Wildman–Crippen MR) is 95.0 cm³/mol. The molecular weight excluding hydrogens is 340 g/mol. The van der Waals surface area contributed by atoms with Crippen LogP contribution in [0.4, 0.5) is 9.93 Å². The first kappa shape index (κ1) is 17.2. The highest BCUT2D eigenvalue weighted by atomic mass is 32.1. The van der Waals surface area contributed by atoms with Gasteiger partial charge in [0.25, 0.3) is 0 Å². The Morgan fingerprint density at radius 2 is 2.04 bits per heavy atom. The van der Waals surface area contributed by atoms with Crippen molar-refractivity contribution < 1.29 is 14.3 Å². The van der Waals surface area contributed by atoms with Gasteiger partial charge in [-0.05, 0) is 25.7 Å². The van der Waals surface area contributed by atoms with Gasteiger partial charge in [-0.1, -0.05) is 25.2 Å². The molecule has 2 unspecified atom stereocenters. The van der Waals surface area contributed by atoms with Crippen molar-refractivity contribution in [2.75, 3.05) is 31.7 Å². The molecule has 0 radical (unpaired) electrons. The second kappa shape index (κ2) is 6.81. The van der Waals surface area contributed by atoms with E-state index < -0.39 is 0 Å². The van der Waals surface area contributed by atoms with Crippen molar-refractivity contribution >= 4 is 22.5 Å². The van der Waals surface area contributed by atoms with Crippen molar-refractivity contribution in [3.63, 3.8) is 0 Å². The van der Waals surface area contributed by atoms with Gasteiger partial charge >= 0.3 is 6.03 Å². The fraction of sp³-hybridized carbons (Fsp3) is 0.824. The predicted octanol–water partition coefficient (Wildman–Crippen LogP) is 2.85. The zero-order valence-electron chi connectivity index (χ0n) is 14.9. The molecule has 3 fully saturated rings. The molecule has 1 aromatic rings. The molecule has 4 heterocycles. The van der Waals surface area contributed by atoms with Gasteiger partial charge in [0.05, 0.1) is 12.1 Å². The lowest BCUT2D eigenvalue weighted by Crippen LogP contribution is -2.68. The van der Waals surface area contributed by atoms with Gasteiger partial charge in [-0.25, -0.2) is 4.79 Å². The van der Waals surface area contributed by atoms with Gasteiger partial charge in [0.15, 0.2) is 0 Å². The van der Waals surface area contributed by atoms with Crippen LogP contribution in [0.5, 0.6) is 0 Å². The molecule has 3 aliphatic heterocycles. The highest BCUT2D eigenvalue weighted by Crippen LogP contribution is 2.42. The van der Waals surface area contributed by atoms with Gasteiger partial charge < -0.3 is 14.4 Å². The summed E-state index contributed by atoms with van der Waals surface area (Å²) in [6, 6.07) is 0.0485. The third-order valence-corrected chi connectivity index (χ3v) is 6.52. The zero-order chi connectivity index (χ0) is 17.4. The fourth-order valence-electron chi connectivity index (χ4n) is 4.25. The molecule has 0 spiro atoms. The fourth-order valence-corrected chi connectivity index (χ4v) is 5.15. The second-order valence-corrected chi connectivity index (χ2v) is 8.88. The number of urea groups is 1. The highest BCUT2D eigenvalue weighted by molar-refractivity contribution is 7.15. The van der Waals surface area contributed by atoms with Crippen LogP contribution in [0.2, 0.25) is 0 Å². The number of rotatable bonds is 3. The lowest BCUT2D eigenvalue weighted by Gasteiger charge is -2.55. The summed E-state index contributed by atoms with van der Waals surface area (Å²) < 4.78 is 11.2. The van der Waals surface area contributed by atoms with Crippen molar-refractivity contribution in [2.24, 2.45) is 5.41 Å². The molecule has 0 bridgehead atoms. The van der Waals surface area contributed by atoms with Crippen molar-refractivity contribution in [3.8, 4) is 0 Å². The zero-order valence-corrected chi connectivity index (χ0v) is 15.7. The number of amides is 2. The Bertz CT molecular complexity index is 623. The maximum atomic E-state index is 12.7. The third-order valence-electron chi connectivity index (χ3n) is 5.52. The molecule has 4 rings (SSSR count). The summed E-state index contributed by atoms with van der Waals surface area (Å²) in [4.78, 5) is 14.6. The van der Waals surface area contributed by atoms with E-state index in [0.717, 1.165) is 57.1 Å². The first-order valence-corrected chi connectivity index (χ1v) is 9.96. The number of carbonyl (C=O) groups is 1. The molecule has 1 aromatic heterocycles. The van der Waals surface area contributed by atoms with E-state index in [0.29, 0.717) is 11.0 Å². The summed E-state index contributed by atoms with van der Waals surface area (Å²) in [5.74, 6) is 0.402. The maximum Gasteiger partial charge on any atom is 0.324 e. The lowest BCUT2D eigenvalue weighted by molar-refractivity contribution is -0.0884. The number of hydrogen-bond acceptors (Lipinski definition) is 6. The standard InChI is InChI=1S/C17H26N4O3S/c1-17(2)10-21(13(17)12-4-3-7-24-12)16(22)18-15-20-19-14(25-15)11-5-8-23-9-6-11/h11-13H,3-10H2,1-2H3,(H,18,20,22). The summed E-state index contributed by atoms with van der Waals surface area (Å²) >= 11 is 1.49. The number of nitrogens with one attached hydrogen (secondary N) is 1. The molecule has 2 amide bonds. The summed E-state index contributed by atoms with van der Waals surface area (Å²) in [6.45, 7) is 7.51. The van der Waals surface area contributed by atoms with Gasteiger partial charge in [0.1, 0.15) is 5.01 Å². The van der Waals surface area contributed by atoms with E-state index in [2.05, 4.69) is 29.4 Å². The first-order valence-electron chi connectivity index (χ1n) is 9.15. The number of aromatic nitrogens is 2. The Kier molecular flexibility index (Phi) is 4.68. The molecule has 138 valence electrons. The van der Waals surface area contributed by atoms with Crippen LogP contribution in [-0.4, -0.2) is 59.6 Å². The minimum atomic E-state index is -0.0884. The largest absolute Gasteiger partial charge is 0.381 e.